The van der Waals surface area contributed by atoms with Crippen LogP contribution in [0.3, 0.4) is 0 Å². The van der Waals surface area contributed by atoms with Crippen LogP contribution in [-0.4, -0.2) is 28.8 Å². The molecule has 2 nitrogen and oxygen atoms in total. The lowest BCUT2D eigenvalue weighted by molar-refractivity contribution is -0.964. The van der Waals surface area contributed by atoms with E-state index in [-0.39, 0.29) is 12.6 Å². The molecule has 2 atom stereocenters. The number of aliphatic hydroxyl groups excluding tert-OH is 1. The van der Waals surface area contributed by atoms with E-state index in [0.717, 1.165) is 54.8 Å². The summed E-state index contributed by atoms with van der Waals surface area (Å²) in [6.45, 7) is 2.36. The molecule has 1 saturated heterocycles. The molecule has 3 aromatic carbocycles. The number of rotatable bonds is 6. The number of benzene rings is 3. The number of alkyl halides is 3. The second-order valence-electron chi connectivity index (χ2n) is 8.49. The van der Waals surface area contributed by atoms with Gasteiger partial charge in [-0.3, -0.25) is 0 Å². The van der Waals surface area contributed by atoms with Gasteiger partial charge in [0.25, 0.3) is 0 Å². The van der Waals surface area contributed by atoms with Gasteiger partial charge in [-0.05, 0) is 23.3 Å². The molecule has 1 N–H and O–H groups in total. The lowest BCUT2D eigenvalue weighted by atomic mass is 10.0. The monoisotopic (exact) mass is 426 g/mol. The van der Waals surface area contributed by atoms with Gasteiger partial charge in [-0.15, -0.1) is 0 Å². The summed E-state index contributed by atoms with van der Waals surface area (Å²) in [5.41, 5.74) is 3.73. The Bertz CT molecular complexity index is 984. The first-order chi connectivity index (χ1) is 14.9. The minimum Gasteiger partial charge on any atom is -0.390 e. The van der Waals surface area contributed by atoms with Crippen molar-refractivity contribution in [3.63, 3.8) is 0 Å². The van der Waals surface area contributed by atoms with Crippen LogP contribution in [0.15, 0.2) is 78.9 Å². The smallest absolute Gasteiger partial charge is 0.390 e. The zero-order valence-electron chi connectivity index (χ0n) is 17.4. The molecule has 0 amide bonds. The van der Waals surface area contributed by atoms with Crippen LogP contribution >= 0.6 is 0 Å². The fourth-order valence-electron chi connectivity index (χ4n) is 4.79. The number of quaternary nitrogens is 1. The van der Waals surface area contributed by atoms with Gasteiger partial charge in [-0.2, -0.15) is 13.2 Å². The molecular weight excluding hydrogens is 399 g/mol. The van der Waals surface area contributed by atoms with Crippen molar-refractivity contribution < 1.29 is 22.8 Å². The summed E-state index contributed by atoms with van der Waals surface area (Å²) in [7, 11) is 0. The van der Waals surface area contributed by atoms with Crippen molar-refractivity contribution in [2.75, 3.05) is 13.2 Å². The molecule has 0 bridgehead atoms. The van der Waals surface area contributed by atoms with Crippen molar-refractivity contribution in [1.82, 2.24) is 0 Å². The second kappa shape index (κ2) is 8.85. The van der Waals surface area contributed by atoms with E-state index in [2.05, 4.69) is 36.4 Å². The van der Waals surface area contributed by atoms with Crippen molar-refractivity contribution in [1.29, 1.82) is 0 Å². The molecule has 0 spiro atoms. The number of likely N-dealkylation sites (tertiary alicyclic amines) is 1. The van der Waals surface area contributed by atoms with Crippen LogP contribution in [0.2, 0.25) is 0 Å². The summed E-state index contributed by atoms with van der Waals surface area (Å²) >= 11 is 0. The van der Waals surface area contributed by atoms with E-state index < -0.39 is 11.7 Å². The third-order valence-corrected chi connectivity index (χ3v) is 6.46. The Kier molecular flexibility index (Phi) is 6.17. The van der Waals surface area contributed by atoms with Crippen molar-refractivity contribution >= 4 is 0 Å². The Labute approximate surface area is 181 Å². The lowest BCUT2D eigenvalue weighted by Crippen LogP contribution is -2.51. The molecule has 1 fully saturated rings. The second-order valence-corrected chi connectivity index (χ2v) is 8.49. The maximum absolute atomic E-state index is 12.9. The van der Waals surface area contributed by atoms with Gasteiger partial charge in [0.15, 0.2) is 0 Å². The normalized spacial score (nSPS) is 21.4. The van der Waals surface area contributed by atoms with E-state index in [1.54, 1.807) is 12.1 Å². The van der Waals surface area contributed by atoms with Gasteiger partial charge >= 0.3 is 6.18 Å². The molecule has 0 aromatic heterocycles. The van der Waals surface area contributed by atoms with Crippen LogP contribution < -0.4 is 0 Å². The van der Waals surface area contributed by atoms with Crippen molar-refractivity contribution in [2.45, 2.75) is 38.1 Å². The standard InChI is InChI=1S/C26H27F3NO/c27-26(28,29)24-14-10-21(11-15-24)18-30(16-4-7-25(30)19-31)17-20-8-12-23(13-9-20)22-5-2-1-3-6-22/h1-3,5-6,8-15,25,31H,4,7,16-19H2/q+1/t25-,30?/m0/s1. The fourth-order valence-corrected chi connectivity index (χ4v) is 4.79. The molecule has 1 unspecified atom stereocenters. The molecule has 1 heterocycles. The number of nitrogens with zero attached hydrogens (tertiary/aromatic N) is 1. The molecule has 31 heavy (non-hydrogen) atoms. The van der Waals surface area contributed by atoms with Crippen molar-refractivity contribution in [3.8, 4) is 11.1 Å². The number of halogens is 3. The van der Waals surface area contributed by atoms with Gasteiger partial charge in [-0.25, -0.2) is 0 Å². The summed E-state index contributed by atoms with van der Waals surface area (Å²) in [6.07, 6.45) is -2.39. The number of hydrogen-bond acceptors (Lipinski definition) is 1. The molecule has 3 aromatic rings. The average molecular weight is 427 g/mol. The highest BCUT2D eigenvalue weighted by molar-refractivity contribution is 5.63. The summed E-state index contributed by atoms with van der Waals surface area (Å²) in [6, 6.07) is 24.2. The summed E-state index contributed by atoms with van der Waals surface area (Å²) in [5.74, 6) is 0. The van der Waals surface area contributed by atoms with E-state index in [9.17, 15) is 18.3 Å². The quantitative estimate of drug-likeness (QED) is 0.476. The van der Waals surface area contributed by atoms with E-state index in [4.69, 9.17) is 0 Å². The molecule has 4 rings (SSSR count). The van der Waals surface area contributed by atoms with Crippen LogP contribution in [0, 0.1) is 0 Å². The maximum atomic E-state index is 12.9. The van der Waals surface area contributed by atoms with Crippen LogP contribution in [0.4, 0.5) is 13.2 Å². The topological polar surface area (TPSA) is 20.2 Å². The maximum Gasteiger partial charge on any atom is 0.416 e. The van der Waals surface area contributed by atoms with Gasteiger partial charge in [0.2, 0.25) is 0 Å². The Morgan fingerprint density at radius 1 is 0.774 bits per heavy atom. The molecule has 162 valence electrons. The third-order valence-electron chi connectivity index (χ3n) is 6.46. The molecule has 1 aliphatic rings. The highest BCUT2D eigenvalue weighted by Gasteiger charge is 2.41. The predicted molar refractivity (Wildman–Crippen MR) is 116 cm³/mol. The van der Waals surface area contributed by atoms with Gasteiger partial charge < -0.3 is 9.59 Å². The molecular formula is C26H27F3NO+. The first-order valence-electron chi connectivity index (χ1n) is 10.7. The largest absolute Gasteiger partial charge is 0.416 e. The first kappa shape index (κ1) is 21.6. The van der Waals surface area contributed by atoms with E-state index in [1.807, 2.05) is 18.2 Å². The van der Waals surface area contributed by atoms with E-state index in [1.165, 1.54) is 5.56 Å². The van der Waals surface area contributed by atoms with Crippen molar-refractivity contribution in [2.24, 2.45) is 0 Å². The van der Waals surface area contributed by atoms with Gasteiger partial charge in [0, 0.05) is 24.0 Å². The Balaban J connectivity index is 1.57. The van der Waals surface area contributed by atoms with E-state index in [0.29, 0.717) is 11.0 Å². The average Bonchev–Trinajstić information content (AvgIpc) is 3.16. The Morgan fingerprint density at radius 2 is 1.32 bits per heavy atom. The highest BCUT2D eigenvalue weighted by atomic mass is 19.4. The third kappa shape index (κ3) is 4.83. The van der Waals surface area contributed by atoms with Gasteiger partial charge in [0.05, 0.1) is 18.7 Å². The SMILES string of the molecule is OC[C@@H]1CCC[N+]1(Cc1ccc(-c2ccccc2)cc1)Cc1ccc(C(F)(F)F)cc1. The highest BCUT2D eigenvalue weighted by Crippen LogP contribution is 2.34. The molecule has 1 aliphatic heterocycles. The van der Waals surface area contributed by atoms with E-state index >= 15 is 0 Å². The zero-order valence-corrected chi connectivity index (χ0v) is 17.4. The summed E-state index contributed by atoms with van der Waals surface area (Å²) < 4.78 is 39.4. The van der Waals surface area contributed by atoms with Gasteiger partial charge in [-0.1, -0.05) is 66.7 Å². The van der Waals surface area contributed by atoms with Crippen LogP contribution in [0.25, 0.3) is 11.1 Å². The molecule has 0 saturated carbocycles. The lowest BCUT2D eigenvalue weighted by Gasteiger charge is -2.40. The number of aliphatic hydroxyl groups is 1. The minimum absolute atomic E-state index is 0.0860. The van der Waals surface area contributed by atoms with Crippen molar-refractivity contribution in [3.05, 3.63) is 95.6 Å². The van der Waals surface area contributed by atoms with Gasteiger partial charge in [0.1, 0.15) is 19.1 Å². The number of hydrogen-bond donors (Lipinski definition) is 1. The fraction of sp³-hybridized carbons (Fsp3) is 0.308. The van der Waals surface area contributed by atoms with Crippen LogP contribution in [0.5, 0.6) is 0 Å². The van der Waals surface area contributed by atoms with Crippen LogP contribution in [-0.2, 0) is 19.3 Å². The Hall–Kier alpha value is -2.63. The van der Waals surface area contributed by atoms with Crippen LogP contribution in [0.1, 0.15) is 29.5 Å². The minimum atomic E-state index is -4.33. The summed E-state index contributed by atoms with van der Waals surface area (Å²) in [4.78, 5) is 0. The molecule has 5 heteroatoms. The summed E-state index contributed by atoms with van der Waals surface area (Å²) in [5, 5.41) is 10.0. The Morgan fingerprint density at radius 3 is 1.87 bits per heavy atom. The molecule has 0 aliphatic carbocycles. The first-order valence-corrected chi connectivity index (χ1v) is 10.7. The zero-order chi connectivity index (χ0) is 21.9. The molecule has 0 radical (unpaired) electrons. The predicted octanol–water partition coefficient (Wildman–Crippen LogP) is 6.04.